The minimum absolute atomic E-state index is 0.0956. The second kappa shape index (κ2) is 6.49. The number of ether oxygens (including phenoxy) is 2. The average Bonchev–Trinajstić information content (AvgIpc) is 3.26. The third-order valence-electron chi connectivity index (χ3n) is 5.12. The van der Waals surface area contributed by atoms with Gasteiger partial charge < -0.3 is 14.4 Å². The molecule has 124 valence electrons. The van der Waals surface area contributed by atoms with Crippen LogP contribution < -0.4 is 4.74 Å². The van der Waals surface area contributed by atoms with Crippen molar-refractivity contribution in [2.75, 3.05) is 46.0 Å². The summed E-state index contributed by atoms with van der Waals surface area (Å²) >= 11 is 0. The van der Waals surface area contributed by atoms with E-state index in [2.05, 4.69) is 23.1 Å². The normalized spacial score (nSPS) is 24.5. The van der Waals surface area contributed by atoms with E-state index in [0.717, 1.165) is 64.5 Å². The number of hydrogen-bond acceptors (Lipinski definition) is 4. The van der Waals surface area contributed by atoms with Gasteiger partial charge in [0.25, 0.3) is 0 Å². The lowest BCUT2D eigenvalue weighted by atomic mass is 10.1. The van der Waals surface area contributed by atoms with Gasteiger partial charge in [0, 0.05) is 45.8 Å². The zero-order valence-corrected chi connectivity index (χ0v) is 13.5. The van der Waals surface area contributed by atoms with E-state index in [1.807, 2.05) is 4.90 Å². The van der Waals surface area contributed by atoms with Crippen LogP contribution in [-0.4, -0.2) is 61.7 Å². The van der Waals surface area contributed by atoms with Gasteiger partial charge in [0.2, 0.25) is 5.91 Å². The summed E-state index contributed by atoms with van der Waals surface area (Å²) in [5, 5.41) is 0. The molecule has 0 aliphatic carbocycles. The Morgan fingerprint density at radius 2 is 2.04 bits per heavy atom. The summed E-state index contributed by atoms with van der Waals surface area (Å²) in [5.41, 5.74) is 2.68. The van der Waals surface area contributed by atoms with Gasteiger partial charge in [-0.2, -0.15) is 0 Å². The first-order chi connectivity index (χ1) is 11.3. The molecule has 5 heteroatoms. The van der Waals surface area contributed by atoms with E-state index >= 15 is 0 Å². The Hall–Kier alpha value is -1.59. The molecule has 0 bridgehead atoms. The number of amides is 1. The molecule has 3 aliphatic rings. The van der Waals surface area contributed by atoms with Gasteiger partial charge in [0.15, 0.2) is 0 Å². The Kier molecular flexibility index (Phi) is 4.23. The van der Waals surface area contributed by atoms with Crippen molar-refractivity contribution in [3.05, 3.63) is 29.3 Å². The van der Waals surface area contributed by atoms with Crippen molar-refractivity contribution in [1.82, 2.24) is 9.80 Å². The van der Waals surface area contributed by atoms with Gasteiger partial charge in [-0.15, -0.1) is 0 Å². The van der Waals surface area contributed by atoms with Crippen LogP contribution in [0.4, 0.5) is 0 Å². The van der Waals surface area contributed by atoms with Crippen LogP contribution in [-0.2, 0) is 22.5 Å². The Morgan fingerprint density at radius 3 is 2.83 bits per heavy atom. The van der Waals surface area contributed by atoms with E-state index in [9.17, 15) is 4.79 Å². The first-order valence-electron chi connectivity index (χ1n) is 8.63. The maximum absolute atomic E-state index is 12.4. The van der Waals surface area contributed by atoms with E-state index in [4.69, 9.17) is 9.47 Å². The maximum atomic E-state index is 12.4. The molecule has 2 fully saturated rings. The molecule has 4 rings (SSSR count). The standard InChI is InChI=1S/C18H24N2O3/c21-18(16-3-9-22-13-16)20-7-5-19(6-8-20)12-14-1-2-17-15(11-14)4-10-23-17/h1-2,11,16H,3-10,12-13H2. The highest BCUT2D eigenvalue weighted by atomic mass is 16.5. The fourth-order valence-corrected chi connectivity index (χ4v) is 3.71. The summed E-state index contributed by atoms with van der Waals surface area (Å²) in [4.78, 5) is 16.9. The molecule has 1 aromatic carbocycles. The quantitative estimate of drug-likeness (QED) is 0.843. The molecule has 2 saturated heterocycles. The van der Waals surface area contributed by atoms with Crippen LogP contribution in [0.15, 0.2) is 18.2 Å². The lowest BCUT2D eigenvalue weighted by Crippen LogP contribution is -2.50. The highest BCUT2D eigenvalue weighted by Crippen LogP contribution is 2.26. The summed E-state index contributed by atoms with van der Waals surface area (Å²) in [6.07, 6.45) is 1.91. The summed E-state index contributed by atoms with van der Waals surface area (Å²) in [6.45, 7) is 6.69. The molecular weight excluding hydrogens is 292 g/mol. The van der Waals surface area contributed by atoms with Crippen LogP contribution in [0.25, 0.3) is 0 Å². The molecule has 3 heterocycles. The average molecular weight is 316 g/mol. The second-order valence-corrected chi connectivity index (χ2v) is 6.70. The minimum Gasteiger partial charge on any atom is -0.493 e. The van der Waals surface area contributed by atoms with Crippen LogP contribution in [0, 0.1) is 5.92 Å². The van der Waals surface area contributed by atoms with Gasteiger partial charge in [-0.05, 0) is 23.6 Å². The summed E-state index contributed by atoms with van der Waals surface area (Å²) < 4.78 is 10.9. The highest BCUT2D eigenvalue weighted by Gasteiger charge is 2.30. The topological polar surface area (TPSA) is 42.0 Å². The van der Waals surface area contributed by atoms with E-state index in [0.29, 0.717) is 6.61 Å². The van der Waals surface area contributed by atoms with E-state index in [-0.39, 0.29) is 11.8 Å². The molecule has 0 saturated carbocycles. The van der Waals surface area contributed by atoms with E-state index in [1.54, 1.807) is 0 Å². The summed E-state index contributed by atoms with van der Waals surface area (Å²) in [5.74, 6) is 1.43. The molecule has 1 unspecified atom stereocenters. The lowest BCUT2D eigenvalue weighted by molar-refractivity contribution is -0.137. The predicted molar refractivity (Wildman–Crippen MR) is 86.4 cm³/mol. The van der Waals surface area contributed by atoms with Crippen LogP contribution in [0.5, 0.6) is 5.75 Å². The van der Waals surface area contributed by atoms with Gasteiger partial charge in [-0.25, -0.2) is 0 Å². The molecule has 0 aromatic heterocycles. The molecule has 1 atom stereocenters. The van der Waals surface area contributed by atoms with Crippen molar-refractivity contribution >= 4 is 5.91 Å². The molecule has 0 N–H and O–H groups in total. The maximum Gasteiger partial charge on any atom is 0.228 e. The fourth-order valence-electron chi connectivity index (χ4n) is 3.71. The number of hydrogen-bond donors (Lipinski definition) is 0. The van der Waals surface area contributed by atoms with E-state index < -0.39 is 0 Å². The van der Waals surface area contributed by atoms with Crippen molar-refractivity contribution in [3.8, 4) is 5.75 Å². The van der Waals surface area contributed by atoms with Crippen LogP contribution in [0.1, 0.15) is 17.5 Å². The van der Waals surface area contributed by atoms with Gasteiger partial charge in [-0.1, -0.05) is 12.1 Å². The number of nitrogens with zero attached hydrogens (tertiary/aromatic N) is 2. The molecule has 1 aromatic rings. The highest BCUT2D eigenvalue weighted by molar-refractivity contribution is 5.79. The molecule has 0 spiro atoms. The molecule has 23 heavy (non-hydrogen) atoms. The Bertz CT molecular complexity index is 576. The molecule has 5 nitrogen and oxygen atoms in total. The number of carbonyl (C=O) groups excluding carboxylic acids is 1. The first-order valence-corrected chi connectivity index (χ1v) is 8.63. The second-order valence-electron chi connectivity index (χ2n) is 6.70. The number of rotatable bonds is 3. The number of benzene rings is 1. The predicted octanol–water partition coefficient (Wildman–Crippen LogP) is 1.30. The molecule has 1 amide bonds. The third kappa shape index (κ3) is 3.21. The Balaban J connectivity index is 1.30. The Morgan fingerprint density at radius 1 is 1.17 bits per heavy atom. The number of fused-ring (bicyclic) bond motifs is 1. The van der Waals surface area contributed by atoms with Crippen LogP contribution in [0.3, 0.4) is 0 Å². The smallest absolute Gasteiger partial charge is 0.228 e. The lowest BCUT2D eigenvalue weighted by Gasteiger charge is -2.35. The van der Waals surface area contributed by atoms with Gasteiger partial charge in [0.05, 0.1) is 19.1 Å². The monoisotopic (exact) mass is 316 g/mol. The zero-order chi connectivity index (χ0) is 15.6. The zero-order valence-electron chi connectivity index (χ0n) is 13.5. The summed E-state index contributed by atoms with van der Waals surface area (Å²) in [6, 6.07) is 6.53. The van der Waals surface area contributed by atoms with Gasteiger partial charge in [-0.3, -0.25) is 9.69 Å². The van der Waals surface area contributed by atoms with E-state index in [1.165, 1.54) is 11.1 Å². The SMILES string of the molecule is O=C(C1CCOC1)N1CCN(Cc2ccc3c(c2)CCO3)CC1. The van der Waals surface area contributed by atoms with Crippen molar-refractivity contribution in [2.24, 2.45) is 5.92 Å². The van der Waals surface area contributed by atoms with Crippen molar-refractivity contribution in [1.29, 1.82) is 0 Å². The van der Waals surface area contributed by atoms with Gasteiger partial charge >= 0.3 is 0 Å². The third-order valence-corrected chi connectivity index (χ3v) is 5.12. The van der Waals surface area contributed by atoms with Crippen molar-refractivity contribution < 1.29 is 14.3 Å². The molecule has 0 radical (unpaired) electrons. The number of carbonyl (C=O) groups is 1. The first kappa shape index (κ1) is 15.0. The largest absolute Gasteiger partial charge is 0.493 e. The summed E-state index contributed by atoms with van der Waals surface area (Å²) in [7, 11) is 0. The van der Waals surface area contributed by atoms with Crippen molar-refractivity contribution in [2.45, 2.75) is 19.4 Å². The molecular formula is C18H24N2O3. The van der Waals surface area contributed by atoms with Crippen molar-refractivity contribution in [3.63, 3.8) is 0 Å². The van der Waals surface area contributed by atoms with Crippen LogP contribution in [0.2, 0.25) is 0 Å². The van der Waals surface area contributed by atoms with Crippen LogP contribution >= 0.6 is 0 Å². The fraction of sp³-hybridized carbons (Fsp3) is 0.611. The Labute approximate surface area is 137 Å². The molecule has 3 aliphatic heterocycles. The number of piperazine rings is 1. The van der Waals surface area contributed by atoms with Gasteiger partial charge in [0.1, 0.15) is 5.75 Å². The minimum atomic E-state index is 0.0956.